The molecular weight excluding hydrogens is 256 g/mol. The third kappa shape index (κ3) is 6.57. The molecule has 104 valence electrons. The van der Waals surface area contributed by atoms with Gasteiger partial charge in [-0.3, -0.25) is 4.79 Å². The van der Waals surface area contributed by atoms with Crippen molar-refractivity contribution in [2.24, 2.45) is 5.41 Å². The van der Waals surface area contributed by atoms with Gasteiger partial charge in [-0.25, -0.2) is 13.1 Å². The first-order chi connectivity index (χ1) is 8.13. The maximum atomic E-state index is 11.8. The number of nitrogens with one attached hydrogen (secondary N) is 1. The van der Waals surface area contributed by atoms with Crippen LogP contribution in [0.1, 0.15) is 40.0 Å². The minimum absolute atomic E-state index is 0.0967. The summed E-state index contributed by atoms with van der Waals surface area (Å²) in [6.07, 6.45) is 0.910. The molecule has 0 fully saturated rings. The van der Waals surface area contributed by atoms with Gasteiger partial charge in [0.2, 0.25) is 10.0 Å². The van der Waals surface area contributed by atoms with Crippen LogP contribution in [0.2, 0.25) is 0 Å². The highest BCUT2D eigenvalue weighted by molar-refractivity contribution is 7.89. The molecule has 0 rings (SSSR count). The maximum absolute atomic E-state index is 11.8. The zero-order valence-electron chi connectivity index (χ0n) is 10.9. The van der Waals surface area contributed by atoms with Gasteiger partial charge in [0.15, 0.2) is 0 Å². The molecule has 0 spiro atoms. The number of carboxylic acids is 1. The number of carbonyl (C=O) groups is 1. The Labute approximate surface area is 108 Å². The molecule has 0 aliphatic rings. The third-order valence-electron chi connectivity index (χ3n) is 2.34. The lowest BCUT2D eigenvalue weighted by Gasteiger charge is -2.22. The number of nitriles is 1. The average Bonchev–Trinajstić information content (AvgIpc) is 2.14. The summed E-state index contributed by atoms with van der Waals surface area (Å²) >= 11 is 0. The smallest absolute Gasteiger partial charge is 0.321 e. The molecule has 0 saturated carbocycles. The number of aliphatic carboxylic acids is 1. The van der Waals surface area contributed by atoms with Crippen LogP contribution in [0.5, 0.6) is 0 Å². The van der Waals surface area contributed by atoms with Crippen LogP contribution in [0.15, 0.2) is 0 Å². The molecule has 2 N–H and O–H groups in total. The van der Waals surface area contributed by atoms with Gasteiger partial charge in [0.25, 0.3) is 0 Å². The minimum Gasteiger partial charge on any atom is -0.480 e. The lowest BCUT2D eigenvalue weighted by atomic mass is 9.93. The molecule has 0 heterocycles. The van der Waals surface area contributed by atoms with E-state index in [0.29, 0.717) is 6.42 Å². The predicted octanol–water partition coefficient (Wildman–Crippen LogP) is 1.10. The van der Waals surface area contributed by atoms with Crippen LogP contribution in [-0.4, -0.2) is 31.3 Å². The van der Waals surface area contributed by atoms with Crippen LogP contribution in [0.4, 0.5) is 0 Å². The SMILES string of the molecule is CCCC(NS(=O)(=O)CC(C)(C)CC#N)C(=O)O. The Balaban J connectivity index is 4.75. The van der Waals surface area contributed by atoms with Crippen molar-refractivity contribution in [3.05, 3.63) is 0 Å². The first-order valence-corrected chi connectivity index (χ1v) is 7.38. The van der Waals surface area contributed by atoms with E-state index in [1.807, 2.05) is 6.07 Å². The van der Waals surface area contributed by atoms with E-state index in [0.717, 1.165) is 0 Å². The summed E-state index contributed by atoms with van der Waals surface area (Å²) in [6, 6.07) is 0.824. The van der Waals surface area contributed by atoms with Gasteiger partial charge in [0, 0.05) is 6.42 Å². The van der Waals surface area contributed by atoms with E-state index in [1.54, 1.807) is 20.8 Å². The minimum atomic E-state index is -3.71. The molecular formula is C11H20N2O4S. The predicted molar refractivity (Wildman–Crippen MR) is 67.3 cm³/mol. The third-order valence-corrected chi connectivity index (χ3v) is 4.14. The number of rotatable bonds is 8. The van der Waals surface area contributed by atoms with Crippen LogP contribution in [0.3, 0.4) is 0 Å². The van der Waals surface area contributed by atoms with Gasteiger partial charge in [0.1, 0.15) is 6.04 Å². The second-order valence-corrected chi connectivity index (χ2v) is 6.81. The van der Waals surface area contributed by atoms with E-state index < -0.39 is 27.4 Å². The van der Waals surface area contributed by atoms with Crippen molar-refractivity contribution in [3.8, 4) is 6.07 Å². The van der Waals surface area contributed by atoms with Crippen molar-refractivity contribution in [2.75, 3.05) is 5.75 Å². The molecule has 18 heavy (non-hydrogen) atoms. The number of carboxylic acid groups (broad SMARTS) is 1. The summed E-state index contributed by atoms with van der Waals surface area (Å²) < 4.78 is 25.8. The molecule has 0 amide bonds. The summed E-state index contributed by atoms with van der Waals surface area (Å²) in [6.45, 7) is 5.10. The van der Waals surface area contributed by atoms with Gasteiger partial charge < -0.3 is 5.11 Å². The fraction of sp³-hybridized carbons (Fsp3) is 0.818. The topological polar surface area (TPSA) is 107 Å². The molecule has 0 aliphatic heterocycles. The van der Waals surface area contributed by atoms with Crippen LogP contribution in [0, 0.1) is 16.7 Å². The highest BCUT2D eigenvalue weighted by atomic mass is 32.2. The molecule has 0 bridgehead atoms. The summed E-state index contributed by atoms with van der Waals surface area (Å²) in [5.41, 5.74) is -0.699. The fourth-order valence-electron chi connectivity index (χ4n) is 1.56. The Morgan fingerprint density at radius 3 is 2.44 bits per heavy atom. The first-order valence-electron chi connectivity index (χ1n) is 5.73. The van der Waals surface area contributed by atoms with Crippen molar-refractivity contribution < 1.29 is 18.3 Å². The van der Waals surface area contributed by atoms with Gasteiger partial charge in [0.05, 0.1) is 11.8 Å². The average molecular weight is 276 g/mol. The molecule has 0 aliphatic carbocycles. The molecule has 7 heteroatoms. The van der Waals surface area contributed by atoms with E-state index in [4.69, 9.17) is 10.4 Å². The summed E-state index contributed by atoms with van der Waals surface area (Å²) in [4.78, 5) is 10.9. The number of sulfonamides is 1. The molecule has 6 nitrogen and oxygen atoms in total. The fourth-order valence-corrected chi connectivity index (χ4v) is 3.43. The first kappa shape index (κ1) is 16.9. The summed E-state index contributed by atoms with van der Waals surface area (Å²) in [5, 5.41) is 17.5. The summed E-state index contributed by atoms with van der Waals surface area (Å²) in [5.74, 6) is -1.44. The lowest BCUT2D eigenvalue weighted by molar-refractivity contribution is -0.139. The van der Waals surface area contributed by atoms with Gasteiger partial charge in [-0.2, -0.15) is 5.26 Å². The Morgan fingerprint density at radius 1 is 1.50 bits per heavy atom. The van der Waals surface area contributed by atoms with E-state index in [1.165, 1.54) is 0 Å². The zero-order chi connectivity index (χ0) is 14.4. The van der Waals surface area contributed by atoms with Gasteiger partial charge >= 0.3 is 5.97 Å². The highest BCUT2D eigenvalue weighted by Crippen LogP contribution is 2.21. The summed E-state index contributed by atoms with van der Waals surface area (Å²) in [7, 11) is -3.71. The standard InChI is InChI=1S/C11H20N2O4S/c1-4-5-9(10(14)15)13-18(16,17)8-11(2,3)6-7-12/h9,13H,4-6,8H2,1-3H3,(H,14,15). The lowest BCUT2D eigenvalue weighted by Crippen LogP contribution is -2.44. The normalized spacial score (nSPS) is 13.9. The highest BCUT2D eigenvalue weighted by Gasteiger charge is 2.29. The number of hydrogen-bond donors (Lipinski definition) is 2. The maximum Gasteiger partial charge on any atom is 0.321 e. The molecule has 1 atom stereocenters. The van der Waals surface area contributed by atoms with Crippen molar-refractivity contribution in [3.63, 3.8) is 0 Å². The number of nitrogens with zero attached hydrogens (tertiary/aromatic N) is 1. The van der Waals surface area contributed by atoms with Crippen LogP contribution in [0.25, 0.3) is 0 Å². The second kappa shape index (κ2) is 6.71. The Morgan fingerprint density at radius 2 is 2.06 bits per heavy atom. The molecule has 1 unspecified atom stereocenters. The molecule has 0 radical (unpaired) electrons. The Hall–Kier alpha value is -1.13. The quantitative estimate of drug-likeness (QED) is 0.690. The van der Waals surface area contributed by atoms with E-state index >= 15 is 0 Å². The van der Waals surface area contributed by atoms with Crippen LogP contribution < -0.4 is 4.72 Å². The number of hydrogen-bond acceptors (Lipinski definition) is 4. The Kier molecular flexibility index (Phi) is 6.29. The van der Waals surface area contributed by atoms with Crippen molar-refractivity contribution in [2.45, 2.75) is 46.1 Å². The molecule has 0 aromatic carbocycles. The molecule has 0 saturated heterocycles. The van der Waals surface area contributed by atoms with Crippen molar-refractivity contribution in [1.82, 2.24) is 4.72 Å². The van der Waals surface area contributed by atoms with E-state index in [9.17, 15) is 13.2 Å². The van der Waals surface area contributed by atoms with Crippen LogP contribution >= 0.6 is 0 Å². The Bertz CT molecular complexity index is 423. The van der Waals surface area contributed by atoms with Gasteiger partial charge in [-0.05, 0) is 11.8 Å². The monoisotopic (exact) mass is 276 g/mol. The van der Waals surface area contributed by atoms with Gasteiger partial charge in [-0.1, -0.05) is 27.2 Å². The van der Waals surface area contributed by atoms with E-state index in [-0.39, 0.29) is 18.6 Å². The van der Waals surface area contributed by atoms with Crippen LogP contribution in [-0.2, 0) is 14.8 Å². The van der Waals surface area contributed by atoms with E-state index in [2.05, 4.69) is 4.72 Å². The van der Waals surface area contributed by atoms with Crippen molar-refractivity contribution in [1.29, 1.82) is 5.26 Å². The second-order valence-electron chi connectivity index (χ2n) is 5.06. The largest absolute Gasteiger partial charge is 0.480 e. The van der Waals surface area contributed by atoms with Gasteiger partial charge in [-0.15, -0.1) is 0 Å². The zero-order valence-corrected chi connectivity index (χ0v) is 11.7. The molecule has 0 aromatic heterocycles. The molecule has 0 aromatic rings. The van der Waals surface area contributed by atoms with Crippen molar-refractivity contribution >= 4 is 16.0 Å².